The lowest BCUT2D eigenvalue weighted by molar-refractivity contribution is 0.0949. The average molecular weight is 289 g/mol. The van der Waals surface area contributed by atoms with Crippen molar-refractivity contribution < 1.29 is 4.79 Å². The van der Waals surface area contributed by atoms with E-state index in [4.69, 9.17) is 11.6 Å². The zero-order chi connectivity index (χ0) is 14.1. The minimum atomic E-state index is -0.379. The highest BCUT2D eigenvalue weighted by Gasteiger charge is 2.24. The predicted octanol–water partition coefficient (Wildman–Crippen LogP) is 2.59. The molecule has 2 aromatic rings. The molecule has 0 aliphatic heterocycles. The number of carbonyl (C=O) groups excluding carboxylic acids is 1. The summed E-state index contributed by atoms with van der Waals surface area (Å²) in [5.41, 5.74) is 1.28. The maximum atomic E-state index is 12.0. The minimum absolute atomic E-state index is 0.148. The van der Waals surface area contributed by atoms with Gasteiger partial charge < -0.3 is 10.3 Å². The standard InChI is InChI=1S/C15H13ClN2O2/c16-10-3-1-9(2-4-10)13-8-7-12(15(20)18-13)14(19)17-11-5-6-11/h1-4,7-8,11H,5-6H2,(H,17,19)(H,18,20). The number of carbonyl (C=O) groups is 1. The second-order valence-corrected chi connectivity index (χ2v) is 5.31. The van der Waals surface area contributed by atoms with E-state index >= 15 is 0 Å². The van der Waals surface area contributed by atoms with Crippen LogP contribution in [0.5, 0.6) is 0 Å². The zero-order valence-corrected chi connectivity index (χ0v) is 11.4. The lowest BCUT2D eigenvalue weighted by Crippen LogP contribution is -2.31. The molecule has 4 nitrogen and oxygen atoms in total. The summed E-state index contributed by atoms with van der Waals surface area (Å²) in [4.78, 5) is 26.6. The van der Waals surface area contributed by atoms with Gasteiger partial charge in [0.2, 0.25) is 0 Å². The Bertz CT molecular complexity index is 703. The van der Waals surface area contributed by atoms with Crippen LogP contribution in [-0.4, -0.2) is 16.9 Å². The van der Waals surface area contributed by atoms with Crippen LogP contribution >= 0.6 is 11.6 Å². The van der Waals surface area contributed by atoms with E-state index in [1.807, 2.05) is 12.1 Å². The van der Waals surface area contributed by atoms with Gasteiger partial charge >= 0.3 is 0 Å². The van der Waals surface area contributed by atoms with Crippen molar-refractivity contribution in [1.29, 1.82) is 0 Å². The van der Waals surface area contributed by atoms with Gasteiger partial charge in [-0.1, -0.05) is 23.7 Å². The Morgan fingerprint density at radius 1 is 1.15 bits per heavy atom. The van der Waals surface area contributed by atoms with E-state index in [1.165, 1.54) is 0 Å². The molecule has 5 heteroatoms. The van der Waals surface area contributed by atoms with Crippen LogP contribution in [0, 0.1) is 0 Å². The molecule has 0 saturated heterocycles. The largest absolute Gasteiger partial charge is 0.349 e. The fraction of sp³-hybridized carbons (Fsp3) is 0.200. The number of H-pyrrole nitrogens is 1. The number of aromatic nitrogens is 1. The number of rotatable bonds is 3. The molecule has 1 aromatic heterocycles. The molecule has 2 N–H and O–H groups in total. The molecular formula is C15H13ClN2O2. The van der Waals surface area contributed by atoms with E-state index in [9.17, 15) is 9.59 Å². The van der Waals surface area contributed by atoms with Crippen LogP contribution in [0.1, 0.15) is 23.2 Å². The first-order chi connectivity index (χ1) is 9.63. The van der Waals surface area contributed by atoms with Crippen LogP contribution in [0.25, 0.3) is 11.3 Å². The third kappa shape index (κ3) is 2.75. The van der Waals surface area contributed by atoms with Crippen LogP contribution in [-0.2, 0) is 0 Å². The average Bonchev–Trinajstić information content (AvgIpc) is 3.23. The van der Waals surface area contributed by atoms with Crippen molar-refractivity contribution >= 4 is 17.5 Å². The normalized spacial score (nSPS) is 14.1. The molecular weight excluding hydrogens is 276 g/mol. The van der Waals surface area contributed by atoms with E-state index in [1.54, 1.807) is 24.3 Å². The van der Waals surface area contributed by atoms with Gasteiger partial charge in [0.1, 0.15) is 5.56 Å². The summed E-state index contributed by atoms with van der Waals surface area (Å²) in [6.07, 6.45) is 1.99. The molecule has 0 atom stereocenters. The molecule has 0 spiro atoms. The van der Waals surface area contributed by atoms with Gasteiger partial charge in [-0.25, -0.2) is 0 Å². The fourth-order valence-corrected chi connectivity index (χ4v) is 2.07. The molecule has 0 bridgehead atoms. The topological polar surface area (TPSA) is 62.0 Å². The Morgan fingerprint density at radius 2 is 1.85 bits per heavy atom. The van der Waals surface area contributed by atoms with Crippen molar-refractivity contribution in [3.8, 4) is 11.3 Å². The van der Waals surface area contributed by atoms with Gasteiger partial charge in [-0.2, -0.15) is 0 Å². The number of amides is 1. The number of benzene rings is 1. The molecule has 1 fully saturated rings. The highest BCUT2D eigenvalue weighted by Crippen LogP contribution is 2.20. The second kappa shape index (κ2) is 5.13. The van der Waals surface area contributed by atoms with Gasteiger partial charge in [0.15, 0.2) is 0 Å². The first-order valence-electron chi connectivity index (χ1n) is 6.43. The van der Waals surface area contributed by atoms with Crippen LogP contribution in [0.15, 0.2) is 41.2 Å². The fourth-order valence-electron chi connectivity index (χ4n) is 1.94. The van der Waals surface area contributed by atoms with E-state index in [0.29, 0.717) is 10.7 Å². The third-order valence-electron chi connectivity index (χ3n) is 3.22. The molecule has 0 radical (unpaired) electrons. The Labute approximate surface area is 120 Å². The van der Waals surface area contributed by atoms with Gasteiger partial charge in [-0.3, -0.25) is 9.59 Å². The Hall–Kier alpha value is -2.07. The SMILES string of the molecule is O=C(NC1CC1)c1ccc(-c2ccc(Cl)cc2)[nH]c1=O. The monoisotopic (exact) mass is 288 g/mol. The highest BCUT2D eigenvalue weighted by molar-refractivity contribution is 6.30. The molecule has 3 rings (SSSR count). The summed E-state index contributed by atoms with van der Waals surface area (Å²) in [5, 5.41) is 3.44. The van der Waals surface area contributed by atoms with Gasteiger partial charge in [-0.15, -0.1) is 0 Å². The molecule has 1 aromatic carbocycles. The summed E-state index contributed by atoms with van der Waals surface area (Å²) in [7, 11) is 0. The van der Waals surface area contributed by atoms with Crippen LogP contribution in [0.3, 0.4) is 0 Å². The maximum absolute atomic E-state index is 12.0. The molecule has 0 unspecified atom stereocenters. The summed E-state index contributed by atoms with van der Waals surface area (Å²) >= 11 is 5.83. The number of hydrogen-bond acceptors (Lipinski definition) is 2. The smallest absolute Gasteiger partial charge is 0.261 e. The van der Waals surface area contributed by atoms with Crippen molar-refractivity contribution in [1.82, 2.24) is 10.3 Å². The van der Waals surface area contributed by atoms with Crippen LogP contribution in [0.4, 0.5) is 0 Å². The number of halogens is 1. The van der Waals surface area contributed by atoms with Gasteiger partial charge in [-0.05, 0) is 42.7 Å². The van der Waals surface area contributed by atoms with Crippen LogP contribution < -0.4 is 10.9 Å². The lowest BCUT2D eigenvalue weighted by Gasteiger charge is -2.05. The first kappa shape index (κ1) is 12.9. The number of nitrogens with one attached hydrogen (secondary N) is 2. The predicted molar refractivity (Wildman–Crippen MR) is 78.0 cm³/mol. The molecule has 1 saturated carbocycles. The van der Waals surface area contributed by atoms with Crippen molar-refractivity contribution in [2.75, 3.05) is 0 Å². The third-order valence-corrected chi connectivity index (χ3v) is 3.47. The number of hydrogen-bond donors (Lipinski definition) is 2. The highest BCUT2D eigenvalue weighted by atomic mass is 35.5. The van der Waals surface area contributed by atoms with E-state index in [2.05, 4.69) is 10.3 Å². The second-order valence-electron chi connectivity index (χ2n) is 4.87. The van der Waals surface area contributed by atoms with Crippen molar-refractivity contribution in [3.05, 3.63) is 57.3 Å². The van der Waals surface area contributed by atoms with Gasteiger partial charge in [0.05, 0.1) is 0 Å². The molecule has 1 aliphatic carbocycles. The zero-order valence-electron chi connectivity index (χ0n) is 10.7. The molecule has 1 heterocycles. The van der Waals surface area contributed by atoms with Gasteiger partial charge in [0.25, 0.3) is 11.5 Å². The Kier molecular flexibility index (Phi) is 3.32. The molecule has 102 valence electrons. The van der Waals surface area contributed by atoms with Crippen molar-refractivity contribution in [2.45, 2.75) is 18.9 Å². The van der Waals surface area contributed by atoms with Crippen molar-refractivity contribution in [2.24, 2.45) is 0 Å². The van der Waals surface area contributed by atoms with E-state index in [0.717, 1.165) is 18.4 Å². The summed E-state index contributed by atoms with van der Waals surface area (Å²) in [6, 6.07) is 10.7. The first-order valence-corrected chi connectivity index (χ1v) is 6.81. The quantitative estimate of drug-likeness (QED) is 0.912. The van der Waals surface area contributed by atoms with Crippen molar-refractivity contribution in [3.63, 3.8) is 0 Å². The minimum Gasteiger partial charge on any atom is -0.349 e. The summed E-state index contributed by atoms with van der Waals surface area (Å²) in [6.45, 7) is 0. The lowest BCUT2D eigenvalue weighted by atomic mass is 10.1. The Balaban J connectivity index is 1.88. The van der Waals surface area contributed by atoms with E-state index in [-0.39, 0.29) is 23.1 Å². The number of pyridine rings is 1. The number of aromatic amines is 1. The van der Waals surface area contributed by atoms with Gasteiger partial charge in [0, 0.05) is 16.8 Å². The maximum Gasteiger partial charge on any atom is 0.261 e. The van der Waals surface area contributed by atoms with Crippen LogP contribution in [0.2, 0.25) is 5.02 Å². The summed E-state index contributed by atoms with van der Waals surface area (Å²) in [5.74, 6) is -0.309. The Morgan fingerprint density at radius 3 is 2.45 bits per heavy atom. The molecule has 1 aliphatic rings. The summed E-state index contributed by atoms with van der Waals surface area (Å²) < 4.78 is 0. The van der Waals surface area contributed by atoms with E-state index < -0.39 is 0 Å². The molecule has 1 amide bonds. The molecule has 20 heavy (non-hydrogen) atoms.